The van der Waals surface area contributed by atoms with Gasteiger partial charge in [0.25, 0.3) is 5.91 Å². The molecule has 0 radical (unpaired) electrons. The van der Waals surface area contributed by atoms with Gasteiger partial charge in [0, 0.05) is 71.9 Å². The van der Waals surface area contributed by atoms with Gasteiger partial charge in [0.1, 0.15) is 18.1 Å². The van der Waals surface area contributed by atoms with Crippen LogP contribution in [-0.4, -0.2) is 104 Å². The molecule has 0 saturated carbocycles. The van der Waals surface area contributed by atoms with Crippen LogP contribution in [0.4, 0.5) is 4.79 Å². The molecule has 12 N–H and O–H groups in total. The molecule has 326 valence electrons. The second-order valence-electron chi connectivity index (χ2n) is 15.7. The minimum atomic E-state index is -1.23. The van der Waals surface area contributed by atoms with Crippen molar-refractivity contribution in [2.75, 3.05) is 13.1 Å². The summed E-state index contributed by atoms with van der Waals surface area (Å²) >= 11 is 0. The number of hydrogen-bond donors (Lipinski definition) is 10. The molecule has 0 aliphatic carbocycles. The Kier molecular flexibility index (Phi) is 16.2. The van der Waals surface area contributed by atoms with Crippen molar-refractivity contribution in [2.24, 2.45) is 17.4 Å². The van der Waals surface area contributed by atoms with Crippen LogP contribution in [0.15, 0.2) is 73.4 Å². The highest BCUT2D eigenvalue weighted by atomic mass is 16.2. The van der Waals surface area contributed by atoms with E-state index in [-0.39, 0.29) is 37.5 Å². The van der Waals surface area contributed by atoms with Crippen molar-refractivity contribution in [3.8, 4) is 0 Å². The summed E-state index contributed by atoms with van der Waals surface area (Å²) in [6, 6.07) is 8.97. The van der Waals surface area contributed by atoms with Gasteiger partial charge in [-0.15, -0.1) is 0 Å². The van der Waals surface area contributed by atoms with E-state index in [1.54, 1.807) is 18.6 Å². The van der Waals surface area contributed by atoms with Gasteiger partial charge in [-0.3, -0.25) is 29.4 Å². The van der Waals surface area contributed by atoms with Crippen LogP contribution >= 0.6 is 0 Å². The highest BCUT2D eigenvalue weighted by Crippen LogP contribution is 2.21. The number of Topliss-reactive ketones (excluding diaryl/α,β-unsaturated/α-hetero) is 1. The number of nitrogens with zero attached hydrogens (tertiary/aromatic N) is 2. The van der Waals surface area contributed by atoms with Crippen molar-refractivity contribution in [3.63, 3.8) is 0 Å². The first-order valence-electron chi connectivity index (χ1n) is 20.6. The molecule has 0 bridgehead atoms. The van der Waals surface area contributed by atoms with Gasteiger partial charge in [-0.2, -0.15) is 0 Å². The number of nitrogens with two attached hydrogens (primary N) is 2. The third-order valence-corrected chi connectivity index (χ3v) is 10.3. The van der Waals surface area contributed by atoms with Gasteiger partial charge in [0.15, 0.2) is 5.78 Å². The molecular formula is C43H58N12O6. The summed E-state index contributed by atoms with van der Waals surface area (Å²) in [5.74, 6) is -2.90. The van der Waals surface area contributed by atoms with Gasteiger partial charge in [0.05, 0.1) is 18.4 Å². The van der Waals surface area contributed by atoms with Gasteiger partial charge in [-0.25, -0.2) is 14.8 Å². The van der Waals surface area contributed by atoms with Gasteiger partial charge >= 0.3 is 6.03 Å². The van der Waals surface area contributed by atoms with E-state index in [0.717, 1.165) is 37.9 Å². The van der Waals surface area contributed by atoms with E-state index in [1.807, 2.05) is 62.4 Å². The maximum Gasteiger partial charge on any atom is 0.336 e. The summed E-state index contributed by atoms with van der Waals surface area (Å²) in [6.45, 7) is 7.07. The molecule has 3 heterocycles. The Morgan fingerprint density at radius 3 is 1.85 bits per heavy atom. The first-order valence-corrected chi connectivity index (χ1v) is 20.6. The van der Waals surface area contributed by atoms with Crippen LogP contribution in [0.3, 0.4) is 0 Å². The average molecular weight is 839 g/mol. The minimum absolute atomic E-state index is 0.0159. The van der Waals surface area contributed by atoms with Crippen LogP contribution < -0.4 is 38.2 Å². The summed E-state index contributed by atoms with van der Waals surface area (Å²) in [5.41, 5.74) is 18.3. The predicted molar refractivity (Wildman–Crippen MR) is 231 cm³/mol. The number of rotatable bonds is 21. The number of imidazole rings is 1. The van der Waals surface area contributed by atoms with Crippen molar-refractivity contribution in [1.29, 1.82) is 0 Å². The van der Waals surface area contributed by atoms with Crippen LogP contribution in [0.5, 0.6) is 0 Å². The molecule has 0 unspecified atom stereocenters. The lowest BCUT2D eigenvalue weighted by molar-refractivity contribution is -0.132. The second-order valence-corrected chi connectivity index (χ2v) is 15.7. The minimum Gasteiger partial charge on any atom is -0.361 e. The van der Waals surface area contributed by atoms with E-state index >= 15 is 0 Å². The Balaban J connectivity index is 1.37. The number of nitrogens with one attached hydrogen (secondary N) is 8. The molecule has 18 nitrogen and oxygen atoms in total. The fraction of sp³-hybridized carbons (Fsp3) is 0.419. The van der Waals surface area contributed by atoms with E-state index in [1.165, 1.54) is 20.2 Å². The normalized spacial score (nSPS) is 13.8. The van der Waals surface area contributed by atoms with E-state index in [2.05, 4.69) is 46.6 Å². The fourth-order valence-corrected chi connectivity index (χ4v) is 6.99. The maximum absolute atomic E-state index is 14.3. The first kappa shape index (κ1) is 45.6. The van der Waals surface area contributed by atoms with E-state index in [9.17, 15) is 28.8 Å². The SMILES string of the molecule is CC(=O)[C@H](CCCCN)NC(=O)[C@@H](C)NC(=O)[C@H](Cc1c[nH]c2ccccc12)NC(=O)N(CC(C)C)NC(=O)[C@@H](Cc1c[nH]c2ccccc12)NC(=O)[C@@H](N)Cc1cnc[nH]1. The summed E-state index contributed by atoms with van der Waals surface area (Å²) in [4.78, 5) is 94.9. The van der Waals surface area contributed by atoms with E-state index < -0.39 is 59.9 Å². The summed E-state index contributed by atoms with van der Waals surface area (Å²) in [7, 11) is 0. The van der Waals surface area contributed by atoms with Crippen LogP contribution in [0.1, 0.15) is 63.8 Å². The number of carbonyl (C=O) groups excluding carboxylic acids is 6. The molecule has 0 aliphatic heterocycles. The lowest BCUT2D eigenvalue weighted by atomic mass is 10.0. The standard InChI is InChI=1S/C43H58N12O6/c1-25(2)23-55(54-42(60)38(18-29-21-48-36-15-8-6-12-32(29)36)52-40(58)33(45)19-30-22-46-24-49-30)43(61)53-37(17-28-20-47-35-14-7-5-11-31(28)35)41(59)50-26(3)39(57)51-34(27(4)56)13-9-10-16-44/h5-8,11-12,14-15,20-22,24-26,33-34,37-38,47-48H,9-10,13,16-19,23,44-45H2,1-4H3,(H,46,49)(H,50,59)(H,51,57)(H,52,58)(H,53,61)(H,54,60)/t26-,33+,34+,37+,38-/m1/s1. The quantitative estimate of drug-likeness (QED) is 0.0382. The number of para-hydroxylation sites is 2. The number of hydrogen-bond acceptors (Lipinski definition) is 9. The zero-order valence-electron chi connectivity index (χ0n) is 35.0. The van der Waals surface area contributed by atoms with Crippen molar-refractivity contribution < 1.29 is 28.8 Å². The van der Waals surface area contributed by atoms with Gasteiger partial charge in [-0.05, 0) is 68.8 Å². The number of fused-ring (bicyclic) bond motifs is 2. The number of unbranched alkanes of at least 4 members (excludes halogenated alkanes) is 1. The maximum atomic E-state index is 14.3. The number of urea groups is 1. The largest absolute Gasteiger partial charge is 0.361 e. The molecule has 0 aliphatic rings. The predicted octanol–water partition coefficient (Wildman–Crippen LogP) is 1.99. The molecule has 5 aromatic rings. The third kappa shape index (κ3) is 12.7. The fourth-order valence-electron chi connectivity index (χ4n) is 6.99. The molecular weight excluding hydrogens is 781 g/mol. The van der Waals surface area contributed by atoms with Gasteiger partial charge < -0.3 is 47.7 Å². The average Bonchev–Trinajstić information content (AvgIpc) is 4.00. The number of hydrazine groups is 1. The van der Waals surface area contributed by atoms with Crippen molar-refractivity contribution in [2.45, 2.75) is 96.4 Å². The molecule has 6 amide bonds. The number of aromatic amines is 3. The number of H-pyrrole nitrogens is 3. The molecule has 61 heavy (non-hydrogen) atoms. The Morgan fingerprint density at radius 1 is 0.705 bits per heavy atom. The molecule has 0 fully saturated rings. The first-order chi connectivity index (χ1) is 29.2. The van der Waals surface area contributed by atoms with E-state index in [4.69, 9.17) is 11.5 Å². The smallest absolute Gasteiger partial charge is 0.336 e. The molecule has 2 aromatic carbocycles. The number of amides is 6. The summed E-state index contributed by atoms with van der Waals surface area (Å²) in [5, 5.41) is 13.8. The van der Waals surface area contributed by atoms with Crippen molar-refractivity contribution in [1.82, 2.24) is 51.6 Å². The second kappa shape index (κ2) is 21.6. The molecule has 5 rings (SSSR count). The van der Waals surface area contributed by atoms with Crippen LogP contribution in [-0.2, 0) is 43.2 Å². The van der Waals surface area contributed by atoms with E-state index in [0.29, 0.717) is 31.5 Å². The monoisotopic (exact) mass is 838 g/mol. The molecule has 0 saturated heterocycles. The molecule has 18 heteroatoms. The zero-order valence-corrected chi connectivity index (χ0v) is 35.0. The van der Waals surface area contributed by atoms with Crippen LogP contribution in [0.25, 0.3) is 21.8 Å². The van der Waals surface area contributed by atoms with Gasteiger partial charge in [-0.1, -0.05) is 50.2 Å². The Morgan fingerprint density at radius 2 is 1.30 bits per heavy atom. The number of ketones is 1. The van der Waals surface area contributed by atoms with Gasteiger partial charge in [0.2, 0.25) is 17.7 Å². The van der Waals surface area contributed by atoms with Crippen LogP contribution in [0, 0.1) is 5.92 Å². The lowest BCUT2D eigenvalue weighted by Gasteiger charge is -2.30. The lowest BCUT2D eigenvalue weighted by Crippen LogP contribution is -2.61. The number of carbonyl (C=O) groups is 6. The van der Waals surface area contributed by atoms with Crippen molar-refractivity contribution in [3.05, 3.63) is 90.3 Å². The number of benzene rings is 2. The van der Waals surface area contributed by atoms with Crippen LogP contribution in [0.2, 0.25) is 0 Å². The summed E-state index contributed by atoms with van der Waals surface area (Å²) < 4.78 is 0. The van der Waals surface area contributed by atoms with Crippen molar-refractivity contribution >= 4 is 57.2 Å². The highest BCUT2D eigenvalue weighted by Gasteiger charge is 2.32. The molecule has 3 aromatic heterocycles. The third-order valence-electron chi connectivity index (χ3n) is 10.3. The Bertz CT molecular complexity index is 2270. The highest BCUT2D eigenvalue weighted by molar-refractivity contribution is 5.96. The summed E-state index contributed by atoms with van der Waals surface area (Å²) in [6.07, 6.45) is 8.48. The Labute approximate surface area is 354 Å². The zero-order chi connectivity index (χ0) is 44.1. The molecule has 5 atom stereocenters. The Hall–Kier alpha value is -6.53. The number of aromatic nitrogens is 4. The topological polar surface area (TPSA) is 278 Å². The molecule has 0 spiro atoms.